The van der Waals surface area contributed by atoms with Gasteiger partial charge in [0.05, 0.1) is 24.3 Å². The number of imidazole rings is 1. The largest absolute Gasteiger partial charge is 0.394 e. The Bertz CT molecular complexity index is 1320. The Morgan fingerprint density at radius 3 is 2.71 bits per heavy atom. The summed E-state index contributed by atoms with van der Waals surface area (Å²) in [4.78, 5) is 25.9. The fraction of sp³-hybridized carbons (Fsp3) is 0.250. The lowest BCUT2D eigenvalue weighted by atomic mass is 9.98. The number of pyridine rings is 1. The zero-order valence-electron chi connectivity index (χ0n) is 18.2. The molecule has 0 saturated carbocycles. The number of benzene rings is 1. The van der Waals surface area contributed by atoms with E-state index in [4.69, 9.17) is 27.1 Å². The van der Waals surface area contributed by atoms with E-state index in [1.165, 1.54) is 6.20 Å². The van der Waals surface area contributed by atoms with Crippen molar-refractivity contribution in [1.82, 2.24) is 19.4 Å². The van der Waals surface area contributed by atoms with Crippen LogP contribution in [-0.2, 0) is 4.74 Å². The van der Waals surface area contributed by atoms with Crippen LogP contribution in [-0.4, -0.2) is 49.7 Å². The number of amides is 1. The molecule has 1 aromatic carbocycles. The maximum absolute atomic E-state index is 12.6. The van der Waals surface area contributed by atoms with E-state index in [1.54, 1.807) is 30.5 Å². The quantitative estimate of drug-likeness (QED) is 0.400. The van der Waals surface area contributed by atoms with Gasteiger partial charge in [0.25, 0.3) is 5.91 Å². The summed E-state index contributed by atoms with van der Waals surface area (Å²) < 4.78 is 7.73. The van der Waals surface area contributed by atoms with Crippen LogP contribution in [0.1, 0.15) is 34.9 Å². The summed E-state index contributed by atoms with van der Waals surface area (Å²) in [5.41, 5.74) is 8.93. The highest BCUT2D eigenvalue weighted by Crippen LogP contribution is 2.34. The lowest BCUT2D eigenvalue weighted by Gasteiger charge is -2.27. The minimum Gasteiger partial charge on any atom is -0.394 e. The zero-order valence-corrected chi connectivity index (χ0v) is 18.9. The van der Waals surface area contributed by atoms with E-state index in [9.17, 15) is 9.90 Å². The number of aliphatic hydroxyl groups excluding tert-OH is 1. The molecule has 1 aliphatic rings. The first-order valence-corrected chi connectivity index (χ1v) is 11.3. The molecule has 4 N–H and O–H groups in total. The van der Waals surface area contributed by atoms with Crippen LogP contribution < -0.4 is 11.1 Å². The second-order valence-corrected chi connectivity index (χ2v) is 8.59. The number of rotatable bonds is 5. The van der Waals surface area contributed by atoms with E-state index in [1.807, 2.05) is 22.7 Å². The average molecular weight is 479 g/mol. The first kappa shape index (κ1) is 22.3. The topological polar surface area (TPSA) is 128 Å². The van der Waals surface area contributed by atoms with Crippen LogP contribution in [0.3, 0.4) is 0 Å². The number of carbonyl (C=O) groups is 1. The number of hydrogen-bond donors (Lipinski definition) is 3. The van der Waals surface area contributed by atoms with Crippen molar-refractivity contribution >= 4 is 34.7 Å². The van der Waals surface area contributed by atoms with Gasteiger partial charge >= 0.3 is 0 Å². The summed E-state index contributed by atoms with van der Waals surface area (Å²) in [6.45, 7) is 0.495. The number of aromatic nitrogens is 4. The monoisotopic (exact) mass is 478 g/mol. The van der Waals surface area contributed by atoms with Crippen molar-refractivity contribution in [3.05, 3.63) is 71.4 Å². The van der Waals surface area contributed by atoms with Gasteiger partial charge in [-0.15, -0.1) is 0 Å². The van der Waals surface area contributed by atoms with E-state index in [-0.39, 0.29) is 24.5 Å². The predicted octanol–water partition coefficient (Wildman–Crippen LogP) is 3.53. The Hall–Kier alpha value is -3.53. The standard InChI is InChI=1S/C24H23ClN6O3/c25-17-6-8-19(28-11-17)29-24(33)15-3-1-14(2-4-15)20-21-22(26)27-9-10-31(21)23(30-20)16-5-7-18(12-32)34-13-16/h1-4,6,8-11,16,18,32H,5,7,12-13H2,(H2,26,27)(H,28,29,33). The van der Waals surface area contributed by atoms with Crippen molar-refractivity contribution < 1.29 is 14.6 Å². The van der Waals surface area contributed by atoms with E-state index < -0.39 is 0 Å². The Labute approximate surface area is 200 Å². The Morgan fingerprint density at radius 2 is 2.03 bits per heavy atom. The third-order valence-corrected chi connectivity index (χ3v) is 6.16. The third-order valence-electron chi connectivity index (χ3n) is 5.94. The van der Waals surface area contributed by atoms with Gasteiger partial charge in [0.15, 0.2) is 0 Å². The van der Waals surface area contributed by atoms with Crippen molar-refractivity contribution in [2.45, 2.75) is 24.9 Å². The summed E-state index contributed by atoms with van der Waals surface area (Å²) in [6, 6.07) is 10.4. The van der Waals surface area contributed by atoms with Gasteiger partial charge < -0.3 is 20.9 Å². The van der Waals surface area contributed by atoms with Gasteiger partial charge in [-0.3, -0.25) is 9.20 Å². The molecule has 0 bridgehead atoms. The highest BCUT2D eigenvalue weighted by molar-refractivity contribution is 6.30. The first-order valence-electron chi connectivity index (χ1n) is 10.9. The summed E-state index contributed by atoms with van der Waals surface area (Å²) in [7, 11) is 0. The SMILES string of the molecule is Nc1nccn2c(C3CCC(CO)OC3)nc(-c3ccc(C(=O)Nc4ccc(Cl)cn4)cc3)c12. The molecule has 34 heavy (non-hydrogen) atoms. The number of carbonyl (C=O) groups excluding carboxylic acids is 1. The number of nitrogens with zero attached hydrogens (tertiary/aromatic N) is 4. The van der Waals surface area contributed by atoms with Gasteiger partial charge in [-0.25, -0.2) is 15.0 Å². The number of fused-ring (bicyclic) bond motifs is 1. The summed E-state index contributed by atoms with van der Waals surface area (Å²) >= 11 is 5.84. The number of ether oxygens (including phenoxy) is 1. The minimum absolute atomic E-state index is 0.0190. The molecule has 0 radical (unpaired) electrons. The molecule has 5 rings (SSSR count). The number of nitrogen functional groups attached to an aromatic ring is 1. The molecule has 174 valence electrons. The molecule has 1 aliphatic heterocycles. The van der Waals surface area contributed by atoms with Crippen molar-refractivity contribution in [2.75, 3.05) is 24.3 Å². The van der Waals surface area contributed by atoms with Gasteiger partial charge in [0, 0.05) is 35.6 Å². The second kappa shape index (κ2) is 9.38. The number of halogens is 1. The summed E-state index contributed by atoms with van der Waals surface area (Å²) in [5.74, 6) is 1.42. The van der Waals surface area contributed by atoms with Gasteiger partial charge in [0.2, 0.25) is 0 Å². The molecule has 4 aromatic rings. The van der Waals surface area contributed by atoms with Crippen LogP contribution in [0.15, 0.2) is 55.0 Å². The predicted molar refractivity (Wildman–Crippen MR) is 129 cm³/mol. The number of hydrogen-bond acceptors (Lipinski definition) is 7. The molecule has 1 saturated heterocycles. The van der Waals surface area contributed by atoms with E-state index in [2.05, 4.69) is 15.3 Å². The van der Waals surface area contributed by atoms with Gasteiger partial charge in [-0.1, -0.05) is 23.7 Å². The smallest absolute Gasteiger partial charge is 0.256 e. The molecule has 4 heterocycles. The number of nitrogens with two attached hydrogens (primary N) is 1. The number of nitrogens with one attached hydrogen (secondary N) is 1. The van der Waals surface area contributed by atoms with Crippen molar-refractivity contribution in [1.29, 1.82) is 0 Å². The highest BCUT2D eigenvalue weighted by atomic mass is 35.5. The fourth-order valence-electron chi connectivity index (χ4n) is 4.15. The van der Waals surface area contributed by atoms with E-state index in [0.29, 0.717) is 40.0 Å². The van der Waals surface area contributed by atoms with Gasteiger partial charge in [-0.2, -0.15) is 0 Å². The van der Waals surface area contributed by atoms with Crippen LogP contribution in [0.2, 0.25) is 5.02 Å². The maximum atomic E-state index is 12.6. The lowest BCUT2D eigenvalue weighted by Crippen LogP contribution is -2.28. The van der Waals surface area contributed by atoms with Gasteiger partial charge in [-0.05, 0) is 37.1 Å². The van der Waals surface area contributed by atoms with E-state index >= 15 is 0 Å². The van der Waals surface area contributed by atoms with Crippen LogP contribution in [0.4, 0.5) is 11.6 Å². The third kappa shape index (κ3) is 4.33. The van der Waals surface area contributed by atoms with Crippen LogP contribution in [0.5, 0.6) is 0 Å². The van der Waals surface area contributed by atoms with Crippen molar-refractivity contribution in [3.8, 4) is 11.3 Å². The summed E-state index contributed by atoms with van der Waals surface area (Å²) in [6.07, 6.45) is 6.45. The molecule has 2 unspecified atom stereocenters. The van der Waals surface area contributed by atoms with Crippen LogP contribution in [0.25, 0.3) is 16.8 Å². The molecular weight excluding hydrogens is 456 g/mol. The fourth-order valence-corrected chi connectivity index (χ4v) is 4.26. The molecule has 0 spiro atoms. The molecule has 9 nitrogen and oxygen atoms in total. The van der Waals surface area contributed by atoms with Crippen LogP contribution in [0, 0.1) is 0 Å². The van der Waals surface area contributed by atoms with Crippen molar-refractivity contribution in [2.24, 2.45) is 0 Å². The molecule has 10 heteroatoms. The molecule has 1 fully saturated rings. The highest BCUT2D eigenvalue weighted by Gasteiger charge is 2.27. The molecular formula is C24H23ClN6O3. The second-order valence-electron chi connectivity index (χ2n) is 8.16. The van der Waals surface area contributed by atoms with E-state index in [0.717, 1.165) is 24.2 Å². The van der Waals surface area contributed by atoms with Gasteiger partial charge in [0.1, 0.15) is 28.7 Å². The van der Waals surface area contributed by atoms with Crippen LogP contribution >= 0.6 is 11.6 Å². The Morgan fingerprint density at radius 1 is 1.21 bits per heavy atom. The molecule has 2 atom stereocenters. The normalized spacial score (nSPS) is 18.2. The summed E-state index contributed by atoms with van der Waals surface area (Å²) in [5, 5.41) is 12.6. The lowest BCUT2D eigenvalue weighted by molar-refractivity contribution is -0.0282. The maximum Gasteiger partial charge on any atom is 0.256 e. The molecule has 1 amide bonds. The molecule has 0 aliphatic carbocycles. The Balaban J connectivity index is 1.44. The molecule has 3 aromatic heterocycles. The number of anilines is 2. The first-order chi connectivity index (χ1) is 16.5. The Kier molecular flexibility index (Phi) is 6.14. The number of aliphatic hydroxyl groups is 1. The minimum atomic E-state index is -0.282. The average Bonchev–Trinajstić information content (AvgIpc) is 3.26. The zero-order chi connectivity index (χ0) is 23.7. The van der Waals surface area contributed by atoms with Crippen molar-refractivity contribution in [3.63, 3.8) is 0 Å².